The molecule has 2 aliphatic heterocycles. The van der Waals surface area contributed by atoms with Gasteiger partial charge in [-0.05, 0) is 164 Å². The van der Waals surface area contributed by atoms with Gasteiger partial charge in [0.1, 0.15) is 6.10 Å². The Morgan fingerprint density at radius 2 is 1.27 bits per heavy atom. The molecule has 6 rings (SSSR count). The molecule has 1 aromatic heterocycles. The summed E-state index contributed by atoms with van der Waals surface area (Å²) in [6, 6.07) is 15.3. The monoisotopic (exact) mass is 857 g/mol. The predicted octanol–water partition coefficient (Wildman–Crippen LogP) is 10.9. The molecule has 1 unspecified atom stereocenters. The first-order chi connectivity index (χ1) is 28.8. The normalized spacial score (nSPS) is 25.6. The second-order valence-corrected chi connectivity index (χ2v) is 25.6. The van der Waals surface area contributed by atoms with Crippen molar-refractivity contribution in [3.05, 3.63) is 53.7 Å². The van der Waals surface area contributed by atoms with Crippen molar-refractivity contribution in [3.8, 4) is 5.88 Å². The van der Waals surface area contributed by atoms with Crippen molar-refractivity contribution in [2.45, 2.75) is 232 Å². The number of hydrogen-bond acceptors (Lipinski definition) is 8. The van der Waals surface area contributed by atoms with E-state index < -0.39 is 0 Å². The van der Waals surface area contributed by atoms with Gasteiger partial charge in [0.2, 0.25) is 5.88 Å². The fraction of sp³-hybridized carbons (Fsp3) is 0.796. The maximum atomic E-state index is 6.74. The average Bonchev–Trinajstić information content (AvgIpc) is 3.59. The zero-order chi connectivity index (χ0) is 45.1. The average molecular weight is 857 g/mol. The number of nitrogens with one attached hydrogen (secondary N) is 3. The molecule has 4 aliphatic rings. The highest BCUT2D eigenvalue weighted by molar-refractivity contribution is 5.49. The highest BCUT2D eigenvalue weighted by Crippen LogP contribution is 2.38. The summed E-state index contributed by atoms with van der Waals surface area (Å²) in [7, 11) is 0. The van der Waals surface area contributed by atoms with Crippen molar-refractivity contribution in [3.63, 3.8) is 0 Å². The van der Waals surface area contributed by atoms with E-state index in [-0.39, 0.29) is 33.6 Å². The maximum absolute atomic E-state index is 6.74. The third kappa shape index (κ3) is 15.5. The molecule has 3 N–H and O–H groups in total. The lowest BCUT2D eigenvalue weighted by Crippen LogP contribution is -2.58. The van der Waals surface area contributed by atoms with Crippen LogP contribution in [0.5, 0.6) is 5.88 Å². The van der Waals surface area contributed by atoms with Crippen molar-refractivity contribution in [2.75, 3.05) is 37.6 Å². The van der Waals surface area contributed by atoms with Crippen molar-refractivity contribution in [1.29, 1.82) is 0 Å². The molecule has 2 aromatic rings. The van der Waals surface area contributed by atoms with Gasteiger partial charge in [-0.25, -0.2) is 4.98 Å². The van der Waals surface area contributed by atoms with Gasteiger partial charge in [-0.15, -0.1) is 0 Å². The highest BCUT2D eigenvalue weighted by atomic mass is 16.5. The van der Waals surface area contributed by atoms with Crippen LogP contribution in [0, 0.1) is 10.8 Å². The second kappa shape index (κ2) is 19.7. The Morgan fingerprint density at radius 3 is 1.90 bits per heavy atom. The second-order valence-electron chi connectivity index (χ2n) is 25.6. The quantitative estimate of drug-likeness (QED) is 0.129. The van der Waals surface area contributed by atoms with Crippen LogP contribution in [0.4, 0.5) is 5.69 Å². The summed E-state index contributed by atoms with van der Waals surface area (Å²) in [4.78, 5) is 9.73. The van der Waals surface area contributed by atoms with E-state index in [4.69, 9.17) is 9.47 Å². The SMILES string of the molecule is CC(C)(C)CN1CCC(OC2CC(NC(C)(CCC(C)(C)Cc3ccc(N4CC[C@H](NC(C)(C)C)C4)cc3)CCC(C)(C)NC3CC(Oc4cc(C(C)(C)C)ccn4)C3)C2)CC1. The lowest BCUT2D eigenvalue weighted by molar-refractivity contribution is -0.0895. The number of nitrogens with zero attached hydrogens (tertiary/aromatic N) is 3. The molecule has 2 saturated heterocycles. The summed E-state index contributed by atoms with van der Waals surface area (Å²) in [5.74, 6) is 0.761. The molecule has 2 saturated carbocycles. The van der Waals surface area contributed by atoms with E-state index in [1.54, 1.807) is 0 Å². The van der Waals surface area contributed by atoms with E-state index >= 15 is 0 Å². The Hall–Kier alpha value is -2.23. The van der Waals surface area contributed by atoms with E-state index in [0.29, 0.717) is 35.7 Å². The number of piperidine rings is 1. The molecule has 0 spiro atoms. The molecule has 8 nitrogen and oxygen atoms in total. The molecule has 2 aliphatic carbocycles. The van der Waals surface area contributed by atoms with Crippen molar-refractivity contribution >= 4 is 5.69 Å². The molecule has 0 amide bonds. The van der Waals surface area contributed by atoms with Crippen LogP contribution < -0.4 is 25.6 Å². The lowest BCUT2D eigenvalue weighted by atomic mass is 9.75. The van der Waals surface area contributed by atoms with Crippen LogP contribution in [0.1, 0.15) is 179 Å². The topological polar surface area (TPSA) is 73.9 Å². The van der Waals surface area contributed by atoms with E-state index in [1.807, 2.05) is 6.20 Å². The first-order valence-electron chi connectivity index (χ1n) is 25.0. The number of pyridine rings is 1. The lowest BCUT2D eigenvalue weighted by Gasteiger charge is -2.47. The molecular weight excluding hydrogens is 765 g/mol. The van der Waals surface area contributed by atoms with Crippen LogP contribution in [0.2, 0.25) is 0 Å². The number of aromatic nitrogens is 1. The zero-order valence-corrected chi connectivity index (χ0v) is 42.2. The van der Waals surface area contributed by atoms with Crippen molar-refractivity contribution in [2.24, 2.45) is 10.8 Å². The molecule has 2 atom stereocenters. The Kier molecular flexibility index (Phi) is 15.6. The molecular formula is C54H92N6O2. The number of likely N-dealkylation sites (tertiary alicyclic amines) is 1. The number of rotatable bonds is 19. The number of anilines is 1. The Bertz CT molecular complexity index is 1680. The standard InChI is InChI=1S/C54H92N6O2/c1-49(2,3)38-59-28-21-45(22-29-59)61-46-34-43(35-46)58-54(14,26-24-53(12,13)57-42-32-47(33-42)62-48-31-40(19-27-55-48)50(4,5)6)25-23-52(10,11)36-39-15-17-44(18-16-39)60-30-20-41(37-60)56-51(7,8)9/h15-19,27,31,41-43,45-47,56-58H,20-26,28-30,32-38H2,1-14H3/t41-,42?,43?,46?,47?,54?/m0/s1. The molecule has 0 radical (unpaired) electrons. The number of benzene rings is 1. The Labute approximate surface area is 380 Å². The first kappa shape index (κ1) is 49.2. The van der Waals surface area contributed by atoms with Gasteiger partial charge < -0.3 is 35.2 Å². The minimum atomic E-state index is 0.0333. The van der Waals surface area contributed by atoms with Crippen molar-refractivity contribution in [1.82, 2.24) is 25.8 Å². The molecule has 1 aromatic carbocycles. The van der Waals surface area contributed by atoms with E-state index in [2.05, 4.69) is 164 Å². The van der Waals surface area contributed by atoms with Crippen LogP contribution in [-0.4, -0.2) is 95.7 Å². The molecule has 62 heavy (non-hydrogen) atoms. The highest BCUT2D eigenvalue weighted by Gasteiger charge is 2.40. The maximum Gasteiger partial charge on any atom is 0.213 e. The summed E-state index contributed by atoms with van der Waals surface area (Å²) >= 11 is 0. The third-order valence-electron chi connectivity index (χ3n) is 14.3. The molecule has 8 heteroatoms. The zero-order valence-electron chi connectivity index (χ0n) is 42.2. The van der Waals surface area contributed by atoms with Gasteiger partial charge in [0, 0.05) is 85.4 Å². The van der Waals surface area contributed by atoms with Crippen LogP contribution in [0.15, 0.2) is 42.6 Å². The van der Waals surface area contributed by atoms with Crippen LogP contribution in [-0.2, 0) is 16.6 Å². The number of ether oxygens (including phenoxy) is 2. The van der Waals surface area contributed by atoms with Gasteiger partial charge in [0.25, 0.3) is 0 Å². The van der Waals surface area contributed by atoms with Gasteiger partial charge in [0.15, 0.2) is 0 Å². The van der Waals surface area contributed by atoms with Crippen LogP contribution >= 0.6 is 0 Å². The fourth-order valence-electron chi connectivity index (χ4n) is 10.6. The summed E-state index contributed by atoms with van der Waals surface area (Å²) in [5.41, 5.74) is 4.95. The van der Waals surface area contributed by atoms with E-state index in [9.17, 15) is 0 Å². The summed E-state index contributed by atoms with van der Waals surface area (Å²) in [6.45, 7) is 38.6. The largest absolute Gasteiger partial charge is 0.474 e. The van der Waals surface area contributed by atoms with E-state index in [0.717, 1.165) is 63.9 Å². The molecule has 0 bridgehead atoms. The molecule has 3 heterocycles. The minimum Gasteiger partial charge on any atom is -0.474 e. The fourth-order valence-corrected chi connectivity index (χ4v) is 10.6. The summed E-state index contributed by atoms with van der Waals surface area (Å²) in [6.07, 6.45) is 16.5. The van der Waals surface area contributed by atoms with Gasteiger partial charge in [-0.2, -0.15) is 0 Å². The van der Waals surface area contributed by atoms with Gasteiger partial charge >= 0.3 is 0 Å². The van der Waals surface area contributed by atoms with Crippen LogP contribution in [0.3, 0.4) is 0 Å². The smallest absolute Gasteiger partial charge is 0.213 e. The molecule has 350 valence electrons. The Morgan fingerprint density at radius 1 is 0.645 bits per heavy atom. The van der Waals surface area contributed by atoms with Gasteiger partial charge in [0.05, 0.1) is 12.2 Å². The van der Waals surface area contributed by atoms with Gasteiger partial charge in [-0.1, -0.05) is 67.5 Å². The van der Waals surface area contributed by atoms with Crippen LogP contribution in [0.25, 0.3) is 0 Å². The van der Waals surface area contributed by atoms with Gasteiger partial charge in [-0.3, -0.25) is 0 Å². The first-order valence-corrected chi connectivity index (χ1v) is 25.0. The minimum absolute atomic E-state index is 0.0333. The third-order valence-corrected chi connectivity index (χ3v) is 14.3. The molecule has 4 fully saturated rings. The van der Waals surface area contributed by atoms with Crippen molar-refractivity contribution < 1.29 is 9.47 Å². The Balaban J connectivity index is 1.01. The predicted molar refractivity (Wildman–Crippen MR) is 262 cm³/mol. The number of hydrogen-bond donors (Lipinski definition) is 3. The summed E-state index contributed by atoms with van der Waals surface area (Å²) in [5, 5.41) is 12.1. The summed E-state index contributed by atoms with van der Waals surface area (Å²) < 4.78 is 13.1. The van der Waals surface area contributed by atoms with E-state index in [1.165, 1.54) is 68.6 Å².